The molecule has 11 aliphatic rings. The molecular formula is C68H106O35. The average Bonchev–Trinajstić information content (AvgIpc) is 0.669. The van der Waals surface area contributed by atoms with E-state index in [0.29, 0.717) is 25.7 Å². The molecule has 0 spiro atoms. The van der Waals surface area contributed by atoms with Crippen LogP contribution in [0.4, 0.5) is 0 Å². The van der Waals surface area contributed by atoms with Gasteiger partial charge >= 0.3 is 23.9 Å². The van der Waals surface area contributed by atoms with Crippen LogP contribution in [0.15, 0.2) is 11.6 Å². The molecule has 0 amide bonds. The number of esters is 3. The molecule has 0 aromatic rings. The standard InChI is InChI=1S/C68H106O35/c1-25-49(99-56-48(86)51(100-55-44(82)38(76)32(75)22-90-55)35(23-91-56)98-58-45(83)41(79)39(77)33(20-69)96-58)43(81)47(85)57(92-25)101-53-52(95-28(4)73)50(94-27(3)72)26(2)93-60(53)103-62(89)67-15-14-63(5,6)18-30(67)29-10-11-36-64(7)19-31(74)54(102-59-46(84)42(80)40(78)34(21-70)97-59)66(9,61(87)88)37(64)12-13-65(36,8)68(29,24-71)17-16-67/h10,25-26,30-60,69-71,74-86H,11-24H2,1-9H3,(H,87,88)/t25-,26+,30+,31+,32+,33-,34-,35-,36-,37-,38+,39+,40-,41+,42+,43-,44-,45-,46-,47+,48-,49-,50-,51+,52-,53+,54+,55+,56+,57-,58+,59+,60-,64-,65-,66+,67+,68+/m1/s1. The summed E-state index contributed by atoms with van der Waals surface area (Å²) in [6, 6.07) is 0. The quantitative estimate of drug-likeness (QED) is 0.0265. The Morgan fingerprint density at radius 3 is 1.62 bits per heavy atom. The van der Waals surface area contributed by atoms with Gasteiger partial charge in [-0.15, -0.1) is 0 Å². The fourth-order valence-corrected chi connectivity index (χ4v) is 19.7. The summed E-state index contributed by atoms with van der Waals surface area (Å²) in [6.07, 6.45) is -47.6. The van der Waals surface area contributed by atoms with Crippen molar-refractivity contribution < 1.29 is 172 Å². The third kappa shape index (κ3) is 14.1. The average molecular weight is 1480 g/mol. The van der Waals surface area contributed by atoms with Crippen molar-refractivity contribution >= 4 is 23.9 Å². The summed E-state index contributed by atoms with van der Waals surface area (Å²) < 4.78 is 84.0. The molecule has 5 aliphatic carbocycles. The number of fused-ring (bicyclic) bond motifs is 7. The Balaban J connectivity index is 0.850. The highest BCUT2D eigenvalue weighted by Crippen LogP contribution is 2.76. The largest absolute Gasteiger partial charge is 0.481 e. The van der Waals surface area contributed by atoms with Gasteiger partial charge in [-0.05, 0) is 113 Å². The molecule has 6 saturated heterocycles. The van der Waals surface area contributed by atoms with Crippen LogP contribution in [0.2, 0.25) is 0 Å². The van der Waals surface area contributed by atoms with Crippen LogP contribution in [0, 0.1) is 50.2 Å². The van der Waals surface area contributed by atoms with Crippen LogP contribution >= 0.6 is 0 Å². The minimum Gasteiger partial charge on any atom is -0.481 e. The minimum atomic E-state index is -2.15. The number of carboxylic acids is 1. The Bertz CT molecular complexity index is 3030. The van der Waals surface area contributed by atoms with Crippen molar-refractivity contribution in [3.8, 4) is 0 Å². The van der Waals surface area contributed by atoms with Crippen LogP contribution < -0.4 is 0 Å². The van der Waals surface area contributed by atoms with Gasteiger partial charge in [0.05, 0.1) is 62.2 Å². The lowest BCUT2D eigenvalue weighted by molar-refractivity contribution is -0.388. The topological polar surface area (TPSA) is 541 Å². The monoisotopic (exact) mass is 1480 g/mol. The number of aliphatic carboxylic acids is 1. The zero-order valence-electron chi connectivity index (χ0n) is 59.0. The maximum atomic E-state index is 16.0. The molecule has 0 bridgehead atoms. The predicted molar refractivity (Wildman–Crippen MR) is 337 cm³/mol. The fourth-order valence-electron chi connectivity index (χ4n) is 19.7. The zero-order chi connectivity index (χ0) is 75.4. The first-order valence-electron chi connectivity index (χ1n) is 35.6. The Kier molecular flexibility index (Phi) is 23.8. The van der Waals surface area contributed by atoms with Gasteiger partial charge in [-0.25, -0.2) is 0 Å². The first kappa shape index (κ1) is 80.6. The number of hydrogen-bond donors (Lipinski definition) is 17. The number of allylic oxidation sites excluding steroid dienone is 1. The van der Waals surface area contributed by atoms with E-state index in [1.54, 1.807) is 0 Å². The number of hydrogen-bond acceptors (Lipinski definition) is 34. The van der Waals surface area contributed by atoms with Crippen molar-refractivity contribution in [3.63, 3.8) is 0 Å². The maximum absolute atomic E-state index is 16.0. The highest BCUT2D eigenvalue weighted by atomic mass is 16.8. The number of ether oxygens (including phenoxy) is 14. The number of aliphatic hydroxyl groups is 16. The van der Waals surface area contributed by atoms with Crippen LogP contribution in [-0.2, 0) is 85.5 Å². The molecule has 0 unspecified atom stereocenters. The van der Waals surface area contributed by atoms with Gasteiger partial charge < -0.3 is 153 Å². The van der Waals surface area contributed by atoms with Crippen LogP contribution in [-0.4, -0.2) is 328 Å². The smallest absolute Gasteiger partial charge is 0.315 e. The molecule has 38 atom stereocenters. The van der Waals surface area contributed by atoms with Crippen LogP contribution in [0.5, 0.6) is 0 Å². The van der Waals surface area contributed by atoms with Crippen molar-refractivity contribution in [3.05, 3.63) is 11.6 Å². The molecular weight excluding hydrogens is 1380 g/mol. The molecule has 10 fully saturated rings. The maximum Gasteiger partial charge on any atom is 0.315 e. The van der Waals surface area contributed by atoms with Crippen LogP contribution in [0.25, 0.3) is 0 Å². The van der Waals surface area contributed by atoms with E-state index >= 15 is 4.79 Å². The summed E-state index contributed by atoms with van der Waals surface area (Å²) in [7, 11) is 0. The van der Waals surface area contributed by atoms with E-state index < -0.39 is 285 Å². The van der Waals surface area contributed by atoms with Gasteiger partial charge in [0, 0.05) is 19.3 Å². The summed E-state index contributed by atoms with van der Waals surface area (Å²) in [4.78, 5) is 55.9. The Labute approximate surface area is 593 Å². The third-order valence-electron chi connectivity index (χ3n) is 25.4. The molecule has 11 rings (SSSR count). The molecule has 103 heavy (non-hydrogen) atoms. The van der Waals surface area contributed by atoms with Crippen molar-refractivity contribution in [2.45, 2.75) is 304 Å². The first-order chi connectivity index (χ1) is 48.3. The minimum absolute atomic E-state index is 0.00947. The van der Waals surface area contributed by atoms with E-state index in [2.05, 4.69) is 20.8 Å². The summed E-state index contributed by atoms with van der Waals surface area (Å²) in [5.74, 6) is -5.60. The first-order valence-corrected chi connectivity index (χ1v) is 35.6. The molecule has 17 N–H and O–H groups in total. The number of carboxylic acid groups (broad SMARTS) is 1. The summed E-state index contributed by atoms with van der Waals surface area (Å²) >= 11 is 0. The van der Waals surface area contributed by atoms with Crippen LogP contribution in [0.1, 0.15) is 120 Å². The fraction of sp³-hybridized carbons (Fsp3) is 0.912. The Hall–Kier alpha value is -3.46. The number of rotatable bonds is 18. The lowest BCUT2D eigenvalue weighted by atomic mass is 9.33. The molecule has 6 aliphatic heterocycles. The molecule has 35 heteroatoms. The third-order valence-corrected chi connectivity index (χ3v) is 25.4. The highest BCUT2D eigenvalue weighted by molar-refractivity contribution is 5.79. The SMILES string of the molecule is CC(=O)O[C@H]1[C@H](O[C@H]2O[C@H](C)[C@@H](O[C@@H]3OC[C@@H](O[C@@H]4O[C@H](CO)[C@H](O)[C@H](O)[C@H]4O)[C@H](O[C@@H]4OC[C@H](O)[C@H](O)[C@H]4O)[C@H]3O)[C@H](O)[C@@H]2O)[C@@H](OC(=O)[C@]23CCC(C)(C)C[C@H]2C2=CC[C@@H]4[C@@]5(C)C[C@H](O)[C@H](O[C@@H]6O[C@H](CO)[C@@H](O)[C@H](O)[C@H]6O)[C@@](C)(C(=O)O)[C@@H]5CC[C@@]4(C)[C@]2(CO)CC3)O[C@@H](C)[C@H]1OC(C)=O. The van der Waals surface area contributed by atoms with E-state index in [-0.39, 0.29) is 38.7 Å². The van der Waals surface area contributed by atoms with Gasteiger partial charge in [0.2, 0.25) is 6.29 Å². The molecule has 35 nitrogen and oxygen atoms in total. The van der Waals surface area contributed by atoms with E-state index in [1.165, 1.54) is 20.8 Å². The second kappa shape index (κ2) is 30.4. The number of aliphatic hydroxyl groups excluding tert-OH is 16. The second-order valence-corrected chi connectivity index (χ2v) is 32.0. The predicted octanol–water partition coefficient (Wildman–Crippen LogP) is -4.90. The summed E-state index contributed by atoms with van der Waals surface area (Å²) in [5, 5.41) is 187. The van der Waals surface area contributed by atoms with Crippen molar-refractivity contribution in [2.75, 3.05) is 33.0 Å². The van der Waals surface area contributed by atoms with Gasteiger partial charge in [0.1, 0.15) is 110 Å². The second-order valence-electron chi connectivity index (χ2n) is 32.0. The van der Waals surface area contributed by atoms with Gasteiger partial charge in [-0.3, -0.25) is 19.2 Å². The van der Waals surface area contributed by atoms with Gasteiger partial charge in [-0.1, -0.05) is 39.3 Å². The molecule has 0 radical (unpaired) electrons. The summed E-state index contributed by atoms with van der Waals surface area (Å²) in [6.45, 7) is 11.4. The number of carbonyl (C=O) groups excluding carboxylic acids is 3. The van der Waals surface area contributed by atoms with Crippen molar-refractivity contribution in [2.24, 2.45) is 50.2 Å². The lowest BCUT2D eigenvalue weighted by Gasteiger charge is -2.71. The van der Waals surface area contributed by atoms with Crippen molar-refractivity contribution in [1.29, 1.82) is 0 Å². The van der Waals surface area contributed by atoms with Gasteiger partial charge in [-0.2, -0.15) is 0 Å². The summed E-state index contributed by atoms with van der Waals surface area (Å²) in [5.41, 5.74) is -5.65. The van der Waals surface area contributed by atoms with Crippen molar-refractivity contribution in [1.82, 2.24) is 0 Å². The molecule has 4 saturated carbocycles. The Morgan fingerprint density at radius 1 is 0.495 bits per heavy atom. The van der Waals surface area contributed by atoms with E-state index in [4.69, 9.17) is 66.3 Å². The number of carbonyl (C=O) groups is 4. The van der Waals surface area contributed by atoms with E-state index in [0.717, 1.165) is 19.4 Å². The Morgan fingerprint density at radius 2 is 1.02 bits per heavy atom. The lowest BCUT2D eigenvalue weighted by Crippen LogP contribution is -2.71. The highest BCUT2D eigenvalue weighted by Gasteiger charge is 2.74. The van der Waals surface area contributed by atoms with Gasteiger partial charge in [0.15, 0.2) is 49.8 Å². The van der Waals surface area contributed by atoms with E-state index in [9.17, 15) is 101 Å². The molecule has 588 valence electrons. The normalized spacial score (nSPS) is 52.0. The zero-order valence-corrected chi connectivity index (χ0v) is 59.0. The molecule has 0 aromatic carbocycles. The molecule has 6 heterocycles. The van der Waals surface area contributed by atoms with Gasteiger partial charge in [0.25, 0.3) is 0 Å². The van der Waals surface area contributed by atoms with Crippen LogP contribution in [0.3, 0.4) is 0 Å². The van der Waals surface area contributed by atoms with E-state index in [1.807, 2.05) is 13.0 Å². The molecule has 0 aromatic heterocycles.